The lowest BCUT2D eigenvalue weighted by Crippen LogP contribution is -1.99. The molecular formula is C12H13N5O4S. The zero-order valence-electron chi connectivity index (χ0n) is 11.8. The largest absolute Gasteiger partial charge is 0.502 e. The van der Waals surface area contributed by atoms with E-state index >= 15 is 0 Å². The minimum absolute atomic E-state index is 0.135. The second-order valence-electron chi connectivity index (χ2n) is 4.20. The third-order valence-electron chi connectivity index (χ3n) is 2.87. The highest BCUT2D eigenvalue weighted by Gasteiger charge is 2.18. The third kappa shape index (κ3) is 2.96. The van der Waals surface area contributed by atoms with Gasteiger partial charge in [0.1, 0.15) is 5.75 Å². The highest BCUT2D eigenvalue weighted by Crippen LogP contribution is 2.33. The van der Waals surface area contributed by atoms with Crippen LogP contribution in [-0.2, 0) is 6.42 Å². The molecule has 0 atom stereocenters. The number of H-pyrrole nitrogens is 1. The number of nitro groups is 1. The van der Waals surface area contributed by atoms with Crippen LogP contribution in [-0.4, -0.2) is 38.2 Å². The van der Waals surface area contributed by atoms with E-state index in [1.807, 2.05) is 6.92 Å². The number of rotatable bonds is 5. The van der Waals surface area contributed by atoms with Gasteiger partial charge in [0, 0.05) is 12.0 Å². The lowest BCUT2D eigenvalue weighted by Gasteiger charge is -2.04. The van der Waals surface area contributed by atoms with E-state index in [0.717, 1.165) is 6.07 Å². The van der Waals surface area contributed by atoms with E-state index in [-0.39, 0.29) is 16.1 Å². The fourth-order valence-electron chi connectivity index (χ4n) is 1.76. The van der Waals surface area contributed by atoms with E-state index in [4.69, 9.17) is 17.0 Å². The fourth-order valence-corrected chi connectivity index (χ4v) is 1.96. The van der Waals surface area contributed by atoms with Crippen molar-refractivity contribution in [3.8, 4) is 11.5 Å². The molecule has 1 heterocycles. The molecule has 2 N–H and O–H groups in total. The molecule has 0 saturated carbocycles. The Labute approximate surface area is 130 Å². The minimum Gasteiger partial charge on any atom is -0.502 e. The summed E-state index contributed by atoms with van der Waals surface area (Å²) in [7, 11) is 1.37. The predicted molar refractivity (Wildman–Crippen MR) is 81.1 cm³/mol. The maximum atomic E-state index is 10.9. The second-order valence-corrected chi connectivity index (χ2v) is 4.58. The molecule has 9 nitrogen and oxygen atoms in total. The molecular weight excluding hydrogens is 310 g/mol. The van der Waals surface area contributed by atoms with E-state index in [1.165, 1.54) is 24.1 Å². The Bertz CT molecular complexity index is 795. The number of ether oxygens (including phenoxy) is 1. The van der Waals surface area contributed by atoms with Crippen molar-refractivity contribution in [1.29, 1.82) is 0 Å². The number of hydrogen-bond acceptors (Lipinski definition) is 7. The number of nitro benzene ring substituents is 1. The van der Waals surface area contributed by atoms with Crippen LogP contribution >= 0.6 is 12.2 Å². The first-order chi connectivity index (χ1) is 10.5. The average Bonchev–Trinajstić information content (AvgIpc) is 2.86. The van der Waals surface area contributed by atoms with E-state index in [1.54, 1.807) is 0 Å². The molecule has 0 radical (unpaired) electrons. The molecule has 0 aliphatic heterocycles. The summed E-state index contributed by atoms with van der Waals surface area (Å²) in [4.78, 5) is 10.2. The lowest BCUT2D eigenvalue weighted by molar-refractivity contribution is -0.385. The molecule has 0 amide bonds. The number of nitrogens with one attached hydrogen (secondary N) is 1. The molecule has 116 valence electrons. The lowest BCUT2D eigenvalue weighted by atomic mass is 10.1. The van der Waals surface area contributed by atoms with Gasteiger partial charge in [-0.15, -0.1) is 0 Å². The number of nitrogens with zero attached hydrogens (tertiary/aromatic N) is 4. The van der Waals surface area contributed by atoms with Crippen LogP contribution in [0.5, 0.6) is 11.5 Å². The van der Waals surface area contributed by atoms with Gasteiger partial charge in [0.25, 0.3) is 0 Å². The van der Waals surface area contributed by atoms with Gasteiger partial charge in [-0.2, -0.15) is 14.9 Å². The first-order valence-corrected chi connectivity index (χ1v) is 6.64. The Morgan fingerprint density at radius 1 is 1.64 bits per heavy atom. The van der Waals surface area contributed by atoms with Crippen molar-refractivity contribution in [3.05, 3.63) is 38.4 Å². The highest BCUT2D eigenvalue weighted by atomic mass is 32.1. The van der Waals surface area contributed by atoms with E-state index in [9.17, 15) is 15.2 Å². The van der Waals surface area contributed by atoms with Crippen LogP contribution in [0.15, 0.2) is 17.2 Å². The second kappa shape index (κ2) is 6.35. The van der Waals surface area contributed by atoms with Crippen molar-refractivity contribution in [2.24, 2.45) is 5.10 Å². The summed E-state index contributed by atoms with van der Waals surface area (Å²) in [6.45, 7) is 1.88. The van der Waals surface area contributed by atoms with Crippen LogP contribution in [0.4, 0.5) is 5.69 Å². The zero-order chi connectivity index (χ0) is 16.3. The molecule has 0 unspecified atom stereocenters. The molecule has 2 aromatic rings. The van der Waals surface area contributed by atoms with Crippen LogP contribution in [0, 0.1) is 14.9 Å². The Hall–Kier alpha value is -2.75. The number of phenols is 1. The van der Waals surface area contributed by atoms with Gasteiger partial charge in [-0.1, -0.05) is 6.92 Å². The van der Waals surface area contributed by atoms with Gasteiger partial charge in [-0.25, -0.2) is 0 Å². The number of benzene rings is 1. The summed E-state index contributed by atoms with van der Waals surface area (Å²) in [5.41, 5.74) is -0.330. The van der Waals surface area contributed by atoms with E-state index in [2.05, 4.69) is 15.3 Å². The normalized spacial score (nSPS) is 11.0. The van der Waals surface area contributed by atoms with Gasteiger partial charge in [0.2, 0.25) is 10.5 Å². The Kier molecular flexibility index (Phi) is 4.51. The van der Waals surface area contributed by atoms with E-state index in [0.29, 0.717) is 12.2 Å². The van der Waals surface area contributed by atoms with Gasteiger partial charge in [-0.05, 0) is 18.3 Å². The van der Waals surface area contributed by atoms with Crippen molar-refractivity contribution in [1.82, 2.24) is 14.9 Å². The topological polar surface area (TPSA) is 119 Å². The maximum absolute atomic E-state index is 10.9. The van der Waals surface area contributed by atoms with Crippen LogP contribution in [0.2, 0.25) is 0 Å². The summed E-state index contributed by atoms with van der Waals surface area (Å²) >= 11 is 5.04. The maximum Gasteiger partial charge on any atom is 0.315 e. The molecule has 2 rings (SSSR count). The Balaban J connectivity index is 2.51. The number of phenolic OH excluding ortho intramolecular Hbond substituents is 1. The summed E-state index contributed by atoms with van der Waals surface area (Å²) in [6.07, 6.45) is 1.85. The highest BCUT2D eigenvalue weighted by molar-refractivity contribution is 7.71. The van der Waals surface area contributed by atoms with Gasteiger partial charge in [-0.3, -0.25) is 15.2 Å². The molecule has 0 bridgehead atoms. The molecule has 0 aliphatic rings. The van der Waals surface area contributed by atoms with Gasteiger partial charge < -0.3 is 9.84 Å². The molecule has 1 aromatic heterocycles. The number of methoxy groups -OCH3 is 1. The van der Waals surface area contributed by atoms with Crippen molar-refractivity contribution in [2.45, 2.75) is 13.3 Å². The van der Waals surface area contributed by atoms with Gasteiger partial charge >= 0.3 is 5.69 Å². The van der Waals surface area contributed by atoms with Crippen LogP contribution < -0.4 is 4.74 Å². The van der Waals surface area contributed by atoms with Crippen LogP contribution in [0.1, 0.15) is 18.3 Å². The fraction of sp³-hybridized carbons (Fsp3) is 0.250. The number of aromatic amines is 1. The summed E-state index contributed by atoms with van der Waals surface area (Å²) in [5.74, 6) is 0.332. The first-order valence-electron chi connectivity index (χ1n) is 6.24. The number of aryl methyl sites for hydroxylation is 1. The van der Waals surface area contributed by atoms with Crippen molar-refractivity contribution < 1.29 is 14.8 Å². The molecule has 10 heteroatoms. The summed E-state index contributed by atoms with van der Waals surface area (Å²) in [6, 6.07) is 2.56. The minimum atomic E-state index is -0.698. The molecule has 0 aliphatic carbocycles. The van der Waals surface area contributed by atoms with Crippen LogP contribution in [0.3, 0.4) is 0 Å². The monoisotopic (exact) mass is 323 g/mol. The van der Waals surface area contributed by atoms with Crippen molar-refractivity contribution >= 4 is 24.1 Å². The number of hydrogen-bond donors (Lipinski definition) is 2. The Morgan fingerprint density at radius 3 is 2.95 bits per heavy atom. The summed E-state index contributed by atoms with van der Waals surface area (Å²) < 4.78 is 6.64. The number of aromatic nitrogens is 3. The smallest absolute Gasteiger partial charge is 0.315 e. The number of aromatic hydroxyl groups is 1. The van der Waals surface area contributed by atoms with Crippen LogP contribution in [0.25, 0.3) is 0 Å². The third-order valence-corrected chi connectivity index (χ3v) is 3.14. The van der Waals surface area contributed by atoms with Crippen molar-refractivity contribution in [3.63, 3.8) is 0 Å². The SMILES string of the molecule is CCc1n[nH]c(=S)n1N=Cc1cc(OC)cc([N+](=O)[O-])c1O. The molecule has 22 heavy (non-hydrogen) atoms. The summed E-state index contributed by atoms with van der Waals surface area (Å²) in [5, 5.41) is 31.6. The molecule has 0 saturated heterocycles. The van der Waals surface area contributed by atoms with Gasteiger partial charge in [0.15, 0.2) is 5.82 Å². The molecule has 0 fully saturated rings. The molecule has 0 spiro atoms. The van der Waals surface area contributed by atoms with E-state index < -0.39 is 16.4 Å². The quantitative estimate of drug-likeness (QED) is 0.376. The first kappa shape index (κ1) is 15.6. The average molecular weight is 323 g/mol. The predicted octanol–water partition coefficient (Wildman–Crippen LogP) is 2.01. The zero-order valence-corrected chi connectivity index (χ0v) is 12.6. The van der Waals surface area contributed by atoms with Crippen molar-refractivity contribution in [2.75, 3.05) is 7.11 Å². The standard InChI is InChI=1S/C12H13N5O4S/c1-3-10-14-15-12(22)16(10)13-6-7-4-8(21-2)5-9(11(7)18)17(19)20/h4-6,18H,3H2,1-2H3,(H,15,22). The van der Waals surface area contributed by atoms with Gasteiger partial charge in [0.05, 0.1) is 24.3 Å². The molecule has 1 aromatic carbocycles. The Morgan fingerprint density at radius 2 is 2.36 bits per heavy atom.